The second-order valence-electron chi connectivity index (χ2n) is 6.39. The lowest BCUT2D eigenvalue weighted by Gasteiger charge is -2.07. The average molecular weight is 438 g/mol. The Balaban J connectivity index is 1.48. The van der Waals surface area contributed by atoms with Gasteiger partial charge in [-0.2, -0.15) is 5.10 Å². The highest BCUT2D eigenvalue weighted by Gasteiger charge is 2.16. The molecular weight excluding hydrogens is 422 g/mol. The molecule has 4 aromatic rings. The lowest BCUT2D eigenvalue weighted by atomic mass is 10.1. The zero-order chi connectivity index (χ0) is 21.1. The molecule has 0 fully saturated rings. The van der Waals surface area contributed by atoms with Gasteiger partial charge >= 0.3 is 0 Å². The first-order valence-electron chi connectivity index (χ1n) is 9.00. The maximum atomic E-state index is 12.6. The van der Waals surface area contributed by atoms with Crippen molar-refractivity contribution in [3.63, 3.8) is 0 Å². The highest BCUT2D eigenvalue weighted by Crippen LogP contribution is 2.34. The van der Waals surface area contributed by atoms with Crippen LogP contribution in [0.1, 0.15) is 32.7 Å². The van der Waals surface area contributed by atoms with E-state index < -0.39 is 0 Å². The van der Waals surface area contributed by atoms with Crippen molar-refractivity contribution >= 4 is 56.2 Å². The number of anilines is 1. The average Bonchev–Trinajstić information content (AvgIpc) is 3.41. The van der Waals surface area contributed by atoms with Gasteiger partial charge in [-0.05, 0) is 42.8 Å². The first kappa shape index (κ1) is 19.9. The lowest BCUT2D eigenvalue weighted by Crippen LogP contribution is -2.18. The number of hydrogen-bond acceptors (Lipinski definition) is 5. The van der Waals surface area contributed by atoms with Crippen molar-refractivity contribution in [3.8, 4) is 0 Å². The Bertz CT molecular complexity index is 1260. The van der Waals surface area contributed by atoms with E-state index in [4.69, 9.17) is 16.0 Å². The summed E-state index contributed by atoms with van der Waals surface area (Å²) >= 11 is 7.67. The molecule has 2 aromatic carbocycles. The predicted molar refractivity (Wildman–Crippen MR) is 120 cm³/mol. The Labute approximate surface area is 181 Å². The molecule has 150 valence electrons. The summed E-state index contributed by atoms with van der Waals surface area (Å²) in [6.45, 7) is 1.76. The van der Waals surface area contributed by atoms with E-state index in [9.17, 15) is 9.59 Å². The summed E-state index contributed by atoms with van der Waals surface area (Å²) in [5.41, 5.74) is 4.46. The number of carbonyl (C=O) groups is 2. The molecule has 6 nitrogen and oxygen atoms in total. The second-order valence-corrected chi connectivity index (χ2v) is 7.82. The topological polar surface area (TPSA) is 83.7 Å². The van der Waals surface area contributed by atoms with Gasteiger partial charge in [0, 0.05) is 15.8 Å². The number of hydrogen-bond donors (Lipinski definition) is 2. The molecule has 0 aliphatic heterocycles. The molecule has 2 N–H and O–H groups in total. The van der Waals surface area contributed by atoms with E-state index in [-0.39, 0.29) is 17.6 Å². The van der Waals surface area contributed by atoms with Crippen molar-refractivity contribution in [2.75, 3.05) is 5.32 Å². The van der Waals surface area contributed by atoms with Gasteiger partial charge in [0.25, 0.3) is 11.8 Å². The van der Waals surface area contributed by atoms with Crippen molar-refractivity contribution in [2.45, 2.75) is 6.92 Å². The van der Waals surface area contributed by atoms with Crippen LogP contribution in [0.4, 0.5) is 5.69 Å². The summed E-state index contributed by atoms with van der Waals surface area (Å²) in [7, 11) is 0. The van der Waals surface area contributed by atoms with Gasteiger partial charge in [-0.1, -0.05) is 41.9 Å². The van der Waals surface area contributed by atoms with Gasteiger partial charge in [0.2, 0.25) is 0 Å². The summed E-state index contributed by atoms with van der Waals surface area (Å²) in [5.74, 6) is -0.499. The van der Waals surface area contributed by atoms with E-state index in [2.05, 4.69) is 15.8 Å². The van der Waals surface area contributed by atoms with Crippen molar-refractivity contribution in [1.29, 1.82) is 0 Å². The van der Waals surface area contributed by atoms with Crippen LogP contribution in [-0.4, -0.2) is 17.5 Å². The monoisotopic (exact) mass is 437 g/mol. The van der Waals surface area contributed by atoms with Crippen LogP contribution in [0.3, 0.4) is 0 Å². The highest BCUT2D eigenvalue weighted by molar-refractivity contribution is 7.21. The normalized spacial score (nSPS) is 11.5. The summed E-state index contributed by atoms with van der Waals surface area (Å²) in [5, 5.41) is 8.21. The van der Waals surface area contributed by atoms with Crippen LogP contribution in [0.25, 0.3) is 10.1 Å². The summed E-state index contributed by atoms with van der Waals surface area (Å²) < 4.78 is 6.03. The predicted octanol–water partition coefficient (Wildman–Crippen LogP) is 5.55. The zero-order valence-electron chi connectivity index (χ0n) is 15.8. The minimum atomic E-state index is -0.372. The van der Waals surface area contributed by atoms with Crippen LogP contribution in [-0.2, 0) is 0 Å². The van der Waals surface area contributed by atoms with Gasteiger partial charge in [0.05, 0.1) is 17.0 Å². The van der Waals surface area contributed by atoms with E-state index in [1.54, 1.807) is 37.3 Å². The van der Waals surface area contributed by atoms with Gasteiger partial charge in [-0.25, -0.2) is 5.43 Å². The standard InChI is InChI=1S/C22H16ClN3O3S/c1-13(14-6-4-7-15(12-14)24-21(27)17-9-5-11-29-17)25-26-22(28)20-19(23)16-8-2-3-10-18(16)30-20/h2-12H,1H3,(H,24,27)(H,26,28)/b25-13-. The molecule has 4 rings (SSSR count). The van der Waals surface area contributed by atoms with Gasteiger partial charge in [-0.3, -0.25) is 9.59 Å². The third kappa shape index (κ3) is 4.12. The largest absolute Gasteiger partial charge is 0.459 e. The molecule has 0 saturated carbocycles. The Kier molecular flexibility index (Phi) is 5.65. The number of fused-ring (bicyclic) bond motifs is 1. The maximum absolute atomic E-state index is 12.6. The fourth-order valence-corrected chi connectivity index (χ4v) is 4.24. The van der Waals surface area contributed by atoms with Crippen LogP contribution < -0.4 is 10.7 Å². The lowest BCUT2D eigenvalue weighted by molar-refractivity contribution is 0.0957. The van der Waals surface area contributed by atoms with E-state index >= 15 is 0 Å². The Morgan fingerprint density at radius 3 is 2.63 bits per heavy atom. The number of nitrogens with zero attached hydrogens (tertiary/aromatic N) is 1. The van der Waals surface area contributed by atoms with Crippen molar-refractivity contribution < 1.29 is 14.0 Å². The molecule has 0 saturated heterocycles. The molecule has 0 aliphatic rings. The Morgan fingerprint density at radius 2 is 1.87 bits per heavy atom. The van der Waals surface area contributed by atoms with E-state index in [0.717, 1.165) is 15.6 Å². The number of rotatable bonds is 5. The number of benzene rings is 2. The van der Waals surface area contributed by atoms with Gasteiger partial charge < -0.3 is 9.73 Å². The first-order chi connectivity index (χ1) is 14.5. The van der Waals surface area contributed by atoms with E-state index in [1.165, 1.54) is 17.6 Å². The fraction of sp³-hybridized carbons (Fsp3) is 0.0455. The number of furan rings is 1. The van der Waals surface area contributed by atoms with Crippen LogP contribution in [0.5, 0.6) is 0 Å². The van der Waals surface area contributed by atoms with E-state index in [1.807, 2.05) is 30.3 Å². The van der Waals surface area contributed by atoms with Crippen LogP contribution in [0.2, 0.25) is 5.02 Å². The van der Waals surface area contributed by atoms with Crippen LogP contribution in [0.15, 0.2) is 76.4 Å². The molecule has 0 spiro atoms. The molecular formula is C22H16ClN3O3S. The van der Waals surface area contributed by atoms with Crippen LogP contribution >= 0.6 is 22.9 Å². The number of halogens is 1. The van der Waals surface area contributed by atoms with Gasteiger partial charge in [0.1, 0.15) is 4.88 Å². The number of thiophene rings is 1. The number of carbonyl (C=O) groups excluding carboxylic acids is 2. The fourth-order valence-electron chi connectivity index (χ4n) is 2.83. The minimum Gasteiger partial charge on any atom is -0.459 e. The third-order valence-corrected chi connectivity index (χ3v) is 6.02. The molecule has 30 heavy (non-hydrogen) atoms. The van der Waals surface area contributed by atoms with Crippen molar-refractivity contribution in [1.82, 2.24) is 5.43 Å². The molecule has 2 heterocycles. The number of nitrogens with one attached hydrogen (secondary N) is 2. The van der Waals surface area contributed by atoms with Crippen molar-refractivity contribution in [3.05, 3.63) is 88.2 Å². The Hall–Kier alpha value is -3.42. The second kappa shape index (κ2) is 8.52. The maximum Gasteiger partial charge on any atom is 0.291 e. The molecule has 0 atom stereocenters. The molecule has 8 heteroatoms. The summed E-state index contributed by atoms with van der Waals surface area (Å²) in [4.78, 5) is 25.1. The molecule has 0 radical (unpaired) electrons. The summed E-state index contributed by atoms with van der Waals surface area (Å²) in [6, 6.07) is 17.9. The van der Waals surface area contributed by atoms with Gasteiger partial charge in [0.15, 0.2) is 5.76 Å². The molecule has 0 bridgehead atoms. The van der Waals surface area contributed by atoms with E-state index in [0.29, 0.717) is 21.3 Å². The summed E-state index contributed by atoms with van der Waals surface area (Å²) in [6.07, 6.45) is 1.44. The SMILES string of the molecule is C/C(=N/NC(=O)c1sc2ccccc2c1Cl)c1cccc(NC(=O)c2ccco2)c1. The smallest absolute Gasteiger partial charge is 0.291 e. The number of hydrazone groups is 1. The minimum absolute atomic E-state index is 0.221. The molecule has 0 aliphatic carbocycles. The van der Waals surface area contributed by atoms with Crippen LogP contribution in [0, 0.1) is 0 Å². The molecule has 2 aromatic heterocycles. The number of amides is 2. The third-order valence-electron chi connectivity index (χ3n) is 4.35. The van der Waals surface area contributed by atoms with Gasteiger partial charge in [-0.15, -0.1) is 11.3 Å². The highest BCUT2D eigenvalue weighted by atomic mass is 35.5. The Morgan fingerprint density at radius 1 is 1.03 bits per heavy atom. The molecule has 2 amide bonds. The molecule has 0 unspecified atom stereocenters. The zero-order valence-corrected chi connectivity index (χ0v) is 17.4. The first-order valence-corrected chi connectivity index (χ1v) is 10.2. The van der Waals surface area contributed by atoms with Crippen molar-refractivity contribution in [2.24, 2.45) is 5.10 Å². The quantitative estimate of drug-likeness (QED) is 0.317.